The summed E-state index contributed by atoms with van der Waals surface area (Å²) < 4.78 is 11.2. The van der Waals surface area contributed by atoms with Gasteiger partial charge in [-0.3, -0.25) is 14.5 Å². The second kappa shape index (κ2) is 10.2. The van der Waals surface area contributed by atoms with Gasteiger partial charge in [0.05, 0.1) is 30.9 Å². The molecule has 174 valence electrons. The van der Waals surface area contributed by atoms with Gasteiger partial charge in [-0.25, -0.2) is 0 Å². The van der Waals surface area contributed by atoms with E-state index in [1.54, 1.807) is 29.2 Å². The van der Waals surface area contributed by atoms with Crippen molar-refractivity contribution in [3.05, 3.63) is 71.3 Å². The number of ether oxygens (including phenoxy) is 2. The van der Waals surface area contributed by atoms with Crippen molar-refractivity contribution >= 4 is 17.4 Å². The van der Waals surface area contributed by atoms with Crippen LogP contribution in [0.1, 0.15) is 31.0 Å². The second-order valence-corrected chi connectivity index (χ2v) is 8.55. The number of carbonyl (C=O) groups excluding carboxylic acids is 2. The Bertz CT molecular complexity index is 1010. The van der Waals surface area contributed by atoms with Crippen molar-refractivity contribution in [2.75, 3.05) is 39.4 Å². The predicted molar refractivity (Wildman–Crippen MR) is 125 cm³/mol. The zero-order valence-corrected chi connectivity index (χ0v) is 19.1. The van der Waals surface area contributed by atoms with Crippen molar-refractivity contribution in [2.45, 2.75) is 26.0 Å². The molecule has 1 atom stereocenters. The maximum atomic E-state index is 13.1. The predicted octanol–water partition coefficient (Wildman–Crippen LogP) is 3.23. The number of Topliss-reactive ketones (excluding diaryl/α,β-unsaturated/α-hetero) is 1. The molecule has 2 heterocycles. The first-order valence-electron chi connectivity index (χ1n) is 11.4. The molecule has 0 unspecified atom stereocenters. The van der Waals surface area contributed by atoms with Gasteiger partial charge in [0.2, 0.25) is 0 Å². The van der Waals surface area contributed by atoms with Gasteiger partial charge in [-0.05, 0) is 31.5 Å². The number of hydrogen-bond donors (Lipinski definition) is 1. The Kier molecular flexibility index (Phi) is 7.11. The molecule has 0 bridgehead atoms. The summed E-state index contributed by atoms with van der Waals surface area (Å²) in [6, 6.07) is 15.6. The minimum Gasteiger partial charge on any atom is -0.507 e. The third-order valence-electron chi connectivity index (χ3n) is 5.92. The fourth-order valence-electron chi connectivity index (χ4n) is 4.28. The largest absolute Gasteiger partial charge is 0.507 e. The maximum Gasteiger partial charge on any atom is 0.295 e. The van der Waals surface area contributed by atoms with Crippen LogP contribution in [0.5, 0.6) is 5.75 Å². The number of amides is 1. The van der Waals surface area contributed by atoms with E-state index in [1.807, 2.05) is 44.2 Å². The third-order valence-corrected chi connectivity index (χ3v) is 5.92. The van der Waals surface area contributed by atoms with Crippen LogP contribution in [0.25, 0.3) is 5.76 Å². The Morgan fingerprint density at radius 2 is 1.70 bits per heavy atom. The Balaban J connectivity index is 1.70. The fraction of sp³-hybridized carbons (Fsp3) is 0.385. The van der Waals surface area contributed by atoms with E-state index in [2.05, 4.69) is 4.90 Å². The van der Waals surface area contributed by atoms with Crippen LogP contribution in [0.3, 0.4) is 0 Å². The highest BCUT2D eigenvalue weighted by molar-refractivity contribution is 6.46. The van der Waals surface area contributed by atoms with Crippen LogP contribution in [-0.2, 0) is 14.3 Å². The normalized spacial score (nSPS) is 21.1. The fourth-order valence-corrected chi connectivity index (χ4v) is 4.28. The molecule has 7 heteroatoms. The van der Waals surface area contributed by atoms with E-state index < -0.39 is 17.7 Å². The van der Waals surface area contributed by atoms with E-state index in [0.29, 0.717) is 37.6 Å². The highest BCUT2D eigenvalue weighted by Crippen LogP contribution is 2.39. The Morgan fingerprint density at radius 1 is 1.03 bits per heavy atom. The number of likely N-dealkylation sites (tertiary alicyclic amines) is 1. The molecule has 4 rings (SSSR count). The van der Waals surface area contributed by atoms with Crippen molar-refractivity contribution < 1.29 is 24.2 Å². The molecule has 0 aromatic heterocycles. The lowest BCUT2D eigenvalue weighted by atomic mass is 9.95. The van der Waals surface area contributed by atoms with E-state index in [9.17, 15) is 14.7 Å². The molecule has 2 fully saturated rings. The van der Waals surface area contributed by atoms with Gasteiger partial charge in [-0.15, -0.1) is 0 Å². The highest BCUT2D eigenvalue weighted by Gasteiger charge is 2.46. The number of benzene rings is 2. The summed E-state index contributed by atoms with van der Waals surface area (Å²) in [6.45, 7) is 7.82. The van der Waals surface area contributed by atoms with E-state index in [-0.39, 0.29) is 17.4 Å². The van der Waals surface area contributed by atoms with Gasteiger partial charge in [0, 0.05) is 31.7 Å². The van der Waals surface area contributed by atoms with Gasteiger partial charge < -0.3 is 19.5 Å². The molecule has 2 aromatic rings. The van der Waals surface area contributed by atoms with Crippen LogP contribution in [0.15, 0.2) is 60.2 Å². The van der Waals surface area contributed by atoms with Crippen LogP contribution in [0, 0.1) is 0 Å². The van der Waals surface area contributed by atoms with Gasteiger partial charge in [-0.1, -0.05) is 42.5 Å². The summed E-state index contributed by atoms with van der Waals surface area (Å²) in [5.41, 5.74) is 1.38. The summed E-state index contributed by atoms with van der Waals surface area (Å²) in [5.74, 6) is -0.698. The molecule has 1 N–H and O–H groups in total. The van der Waals surface area contributed by atoms with Crippen molar-refractivity contribution in [1.82, 2.24) is 9.80 Å². The topological polar surface area (TPSA) is 79.3 Å². The monoisotopic (exact) mass is 450 g/mol. The van der Waals surface area contributed by atoms with Crippen LogP contribution in [0.2, 0.25) is 0 Å². The summed E-state index contributed by atoms with van der Waals surface area (Å²) in [5, 5.41) is 11.1. The molecular weight excluding hydrogens is 420 g/mol. The minimum absolute atomic E-state index is 0.0353. The van der Waals surface area contributed by atoms with E-state index in [0.717, 1.165) is 18.7 Å². The zero-order valence-electron chi connectivity index (χ0n) is 19.1. The van der Waals surface area contributed by atoms with Crippen molar-refractivity contribution in [3.63, 3.8) is 0 Å². The van der Waals surface area contributed by atoms with Crippen molar-refractivity contribution in [3.8, 4) is 5.75 Å². The molecule has 33 heavy (non-hydrogen) atoms. The zero-order chi connectivity index (χ0) is 23.4. The van der Waals surface area contributed by atoms with Gasteiger partial charge in [0.25, 0.3) is 11.7 Å². The van der Waals surface area contributed by atoms with E-state index in [1.165, 1.54) is 0 Å². The minimum atomic E-state index is -0.667. The number of aliphatic hydroxyl groups excluding tert-OH is 1. The van der Waals surface area contributed by atoms with Crippen LogP contribution in [-0.4, -0.2) is 72.1 Å². The number of aliphatic hydroxyl groups is 1. The lowest BCUT2D eigenvalue weighted by molar-refractivity contribution is -0.140. The molecule has 2 aromatic carbocycles. The highest BCUT2D eigenvalue weighted by atomic mass is 16.5. The van der Waals surface area contributed by atoms with Gasteiger partial charge in [0.1, 0.15) is 11.5 Å². The standard InChI is InChI=1S/C26H30N2O5/c1-18(2)33-21-10-8-19(9-11-21)23-22(24(29)20-6-4-3-5-7-20)25(30)26(31)28(23)13-12-27-14-16-32-17-15-27/h3-11,18,23,29H,12-17H2,1-2H3/b24-22+/t23-/m1/s1. The Labute approximate surface area is 194 Å². The van der Waals surface area contributed by atoms with Crippen molar-refractivity contribution in [2.24, 2.45) is 0 Å². The molecule has 2 aliphatic rings. The SMILES string of the molecule is CC(C)Oc1ccc([C@@H]2/C(=C(\O)c3ccccc3)C(=O)C(=O)N2CCN2CCOCC2)cc1. The van der Waals surface area contributed by atoms with Gasteiger partial charge in [0.15, 0.2) is 0 Å². The molecule has 0 aliphatic carbocycles. The second-order valence-electron chi connectivity index (χ2n) is 8.55. The van der Waals surface area contributed by atoms with Gasteiger partial charge in [-0.2, -0.15) is 0 Å². The average Bonchev–Trinajstić information content (AvgIpc) is 3.08. The molecule has 0 spiro atoms. The first kappa shape index (κ1) is 23.0. The van der Waals surface area contributed by atoms with Crippen LogP contribution < -0.4 is 4.74 Å². The molecule has 7 nitrogen and oxygen atoms in total. The van der Waals surface area contributed by atoms with E-state index in [4.69, 9.17) is 9.47 Å². The average molecular weight is 451 g/mol. The third kappa shape index (κ3) is 5.10. The number of hydrogen-bond acceptors (Lipinski definition) is 6. The summed E-state index contributed by atoms with van der Waals surface area (Å²) in [7, 11) is 0. The lowest BCUT2D eigenvalue weighted by Crippen LogP contribution is -2.42. The maximum absolute atomic E-state index is 13.1. The summed E-state index contributed by atoms with van der Waals surface area (Å²) in [6.07, 6.45) is 0.0353. The molecular formula is C26H30N2O5. The van der Waals surface area contributed by atoms with Crippen molar-refractivity contribution in [1.29, 1.82) is 0 Å². The molecule has 2 saturated heterocycles. The van der Waals surface area contributed by atoms with Crippen LogP contribution in [0.4, 0.5) is 0 Å². The quantitative estimate of drug-likeness (QED) is 0.396. The molecule has 1 amide bonds. The molecule has 0 saturated carbocycles. The summed E-state index contributed by atoms with van der Waals surface area (Å²) >= 11 is 0. The molecule has 2 aliphatic heterocycles. The summed E-state index contributed by atoms with van der Waals surface area (Å²) in [4.78, 5) is 30.0. The number of carbonyl (C=O) groups is 2. The number of nitrogens with zero attached hydrogens (tertiary/aromatic N) is 2. The lowest BCUT2D eigenvalue weighted by Gasteiger charge is -2.31. The van der Waals surface area contributed by atoms with E-state index >= 15 is 0 Å². The Morgan fingerprint density at radius 3 is 2.33 bits per heavy atom. The van der Waals surface area contributed by atoms with Crippen LogP contribution >= 0.6 is 0 Å². The Hall–Kier alpha value is -3.16. The first-order valence-corrected chi connectivity index (χ1v) is 11.4. The first-order chi connectivity index (χ1) is 16.0. The number of morpholine rings is 1. The van der Waals surface area contributed by atoms with Gasteiger partial charge >= 0.3 is 0 Å². The number of rotatable bonds is 7. The molecule has 0 radical (unpaired) electrons. The number of ketones is 1. The smallest absolute Gasteiger partial charge is 0.295 e.